The summed E-state index contributed by atoms with van der Waals surface area (Å²) >= 11 is 15.7. The summed E-state index contributed by atoms with van der Waals surface area (Å²) in [7, 11) is 0. The van der Waals surface area contributed by atoms with E-state index in [0.29, 0.717) is 11.7 Å². The Labute approximate surface area is 189 Å². The first-order valence-corrected chi connectivity index (χ1v) is 10.9. The highest BCUT2D eigenvalue weighted by Gasteiger charge is 2.32. The van der Waals surface area contributed by atoms with E-state index in [2.05, 4.69) is 45.5 Å². The number of hydrogen-bond acceptors (Lipinski definition) is 2. The van der Waals surface area contributed by atoms with Gasteiger partial charge in [-0.05, 0) is 47.1 Å². The monoisotopic (exact) mass is 483 g/mol. The molecule has 29 heavy (non-hydrogen) atoms. The maximum atomic E-state index is 6.51. The van der Waals surface area contributed by atoms with Crippen LogP contribution in [0.2, 0.25) is 5.02 Å². The molecule has 0 amide bonds. The first-order valence-electron chi connectivity index (χ1n) is 9.30. The van der Waals surface area contributed by atoms with Gasteiger partial charge in [-0.3, -0.25) is 0 Å². The largest absolute Gasteiger partial charge is 0.357 e. The third-order valence-corrected chi connectivity index (χ3v) is 6.05. The second-order valence-electron chi connectivity index (χ2n) is 6.78. The van der Waals surface area contributed by atoms with Gasteiger partial charge in [0.2, 0.25) is 0 Å². The smallest absolute Gasteiger partial charge is 0.190 e. The summed E-state index contributed by atoms with van der Waals surface area (Å²) in [6.45, 7) is 0.647. The van der Waals surface area contributed by atoms with Crippen LogP contribution in [0.3, 0.4) is 0 Å². The van der Waals surface area contributed by atoms with Crippen LogP contribution in [-0.4, -0.2) is 15.8 Å². The van der Waals surface area contributed by atoms with Crippen LogP contribution in [0.4, 0.5) is 0 Å². The Balaban J connectivity index is 1.61. The number of benzene rings is 3. The number of thiocarbonyl (C=S) groups is 1. The van der Waals surface area contributed by atoms with E-state index >= 15 is 0 Å². The highest BCUT2D eigenvalue weighted by molar-refractivity contribution is 9.10. The minimum absolute atomic E-state index is 0.0434. The summed E-state index contributed by atoms with van der Waals surface area (Å²) in [5.74, 6) is 0. The van der Waals surface area contributed by atoms with E-state index in [1.807, 2.05) is 59.6 Å². The Bertz CT molecular complexity index is 1040. The second kappa shape index (κ2) is 9.08. The molecule has 1 N–H and O–H groups in total. The highest BCUT2D eigenvalue weighted by atomic mass is 79.9. The quantitative estimate of drug-likeness (QED) is 0.439. The molecule has 1 atom stereocenters. The number of rotatable bonds is 4. The Morgan fingerprint density at radius 2 is 1.72 bits per heavy atom. The summed E-state index contributed by atoms with van der Waals surface area (Å²) in [6, 6.07) is 26.2. The molecule has 0 aromatic heterocycles. The predicted octanol–water partition coefficient (Wildman–Crippen LogP) is 6.33. The van der Waals surface area contributed by atoms with Crippen molar-refractivity contribution in [3.63, 3.8) is 0 Å². The fourth-order valence-corrected chi connectivity index (χ4v) is 4.12. The van der Waals surface area contributed by atoms with Gasteiger partial charge in [-0.15, -0.1) is 0 Å². The zero-order valence-corrected chi connectivity index (χ0v) is 18.7. The number of nitrogens with zero attached hydrogens (tertiary/aromatic N) is 2. The average Bonchev–Trinajstić information content (AvgIpc) is 3.19. The maximum Gasteiger partial charge on any atom is 0.190 e. The van der Waals surface area contributed by atoms with Gasteiger partial charge in [0.05, 0.1) is 11.8 Å². The lowest BCUT2D eigenvalue weighted by Gasteiger charge is -2.25. The number of hydrogen-bond donors (Lipinski definition) is 1. The molecule has 6 heteroatoms. The molecule has 3 aromatic rings. The molecule has 0 bridgehead atoms. The molecule has 0 unspecified atom stereocenters. The van der Waals surface area contributed by atoms with Crippen molar-refractivity contribution < 1.29 is 0 Å². The number of hydrazone groups is 1. The lowest BCUT2D eigenvalue weighted by molar-refractivity contribution is 0.364. The van der Waals surface area contributed by atoms with Crippen LogP contribution in [0.15, 0.2) is 88.4 Å². The first kappa shape index (κ1) is 20.1. The van der Waals surface area contributed by atoms with Crippen LogP contribution in [-0.2, 0) is 6.54 Å². The third kappa shape index (κ3) is 4.69. The van der Waals surface area contributed by atoms with E-state index in [9.17, 15) is 0 Å². The topological polar surface area (TPSA) is 27.6 Å². The molecule has 1 heterocycles. The van der Waals surface area contributed by atoms with Gasteiger partial charge < -0.3 is 5.32 Å². The van der Waals surface area contributed by atoms with Crippen molar-refractivity contribution in [2.24, 2.45) is 5.10 Å². The molecule has 0 radical (unpaired) electrons. The molecule has 0 spiro atoms. The van der Waals surface area contributed by atoms with Gasteiger partial charge in [0.15, 0.2) is 5.11 Å². The summed E-state index contributed by atoms with van der Waals surface area (Å²) in [6.07, 6.45) is 0.735. The first-order chi connectivity index (χ1) is 14.1. The van der Waals surface area contributed by atoms with Gasteiger partial charge >= 0.3 is 0 Å². The predicted molar refractivity (Wildman–Crippen MR) is 127 cm³/mol. The molecule has 0 saturated carbocycles. The molecule has 146 valence electrons. The molecular weight excluding hydrogens is 466 g/mol. The fourth-order valence-electron chi connectivity index (χ4n) is 3.36. The van der Waals surface area contributed by atoms with Crippen molar-refractivity contribution in [3.05, 3.63) is 105 Å². The maximum absolute atomic E-state index is 6.51. The molecule has 1 aliphatic rings. The van der Waals surface area contributed by atoms with E-state index in [0.717, 1.165) is 32.8 Å². The van der Waals surface area contributed by atoms with Crippen LogP contribution in [0.1, 0.15) is 29.2 Å². The van der Waals surface area contributed by atoms with E-state index in [-0.39, 0.29) is 6.04 Å². The summed E-state index contributed by atoms with van der Waals surface area (Å²) in [5.41, 5.74) is 4.26. The molecule has 0 aliphatic carbocycles. The molecule has 4 rings (SSSR count). The molecule has 1 aliphatic heterocycles. The second-order valence-corrected chi connectivity index (χ2v) is 8.49. The molecule has 3 nitrogen and oxygen atoms in total. The third-order valence-electron chi connectivity index (χ3n) is 4.85. The van der Waals surface area contributed by atoms with Crippen LogP contribution in [0.25, 0.3) is 0 Å². The highest BCUT2D eigenvalue weighted by Crippen LogP contribution is 2.36. The van der Waals surface area contributed by atoms with Crippen LogP contribution in [0, 0.1) is 0 Å². The SMILES string of the molecule is S=C(NCc1ccccc1)N1N=C(c2ccc(Br)cc2)C[C@@H]1c1ccccc1Cl. The summed E-state index contributed by atoms with van der Waals surface area (Å²) < 4.78 is 1.04. The molecule has 0 fully saturated rings. The van der Waals surface area contributed by atoms with Gasteiger partial charge in [-0.25, -0.2) is 5.01 Å². The zero-order valence-electron chi connectivity index (χ0n) is 15.6. The van der Waals surface area contributed by atoms with Crippen molar-refractivity contribution >= 4 is 50.6 Å². The summed E-state index contributed by atoms with van der Waals surface area (Å²) in [4.78, 5) is 0. The van der Waals surface area contributed by atoms with E-state index in [1.54, 1.807) is 0 Å². The Hall–Kier alpha value is -2.21. The van der Waals surface area contributed by atoms with Crippen molar-refractivity contribution in [3.8, 4) is 0 Å². The van der Waals surface area contributed by atoms with Gasteiger partial charge in [0, 0.05) is 22.5 Å². The average molecular weight is 485 g/mol. The Kier molecular flexibility index (Phi) is 6.28. The van der Waals surface area contributed by atoms with Gasteiger partial charge in [0.25, 0.3) is 0 Å². The minimum atomic E-state index is -0.0434. The number of nitrogens with one attached hydrogen (secondary N) is 1. The fraction of sp³-hybridized carbons (Fsp3) is 0.130. The van der Waals surface area contributed by atoms with Crippen molar-refractivity contribution in [1.82, 2.24) is 10.3 Å². The van der Waals surface area contributed by atoms with Crippen LogP contribution < -0.4 is 5.32 Å². The van der Waals surface area contributed by atoms with Crippen LogP contribution >= 0.6 is 39.7 Å². The van der Waals surface area contributed by atoms with E-state index in [1.165, 1.54) is 5.56 Å². The minimum Gasteiger partial charge on any atom is -0.357 e. The van der Waals surface area contributed by atoms with Crippen molar-refractivity contribution in [2.45, 2.75) is 19.0 Å². The lowest BCUT2D eigenvalue weighted by Crippen LogP contribution is -2.36. The van der Waals surface area contributed by atoms with Crippen LogP contribution in [0.5, 0.6) is 0 Å². The van der Waals surface area contributed by atoms with Gasteiger partial charge in [-0.1, -0.05) is 88.2 Å². The number of halogens is 2. The van der Waals surface area contributed by atoms with E-state index in [4.69, 9.17) is 28.9 Å². The Morgan fingerprint density at radius 3 is 2.45 bits per heavy atom. The van der Waals surface area contributed by atoms with E-state index < -0.39 is 0 Å². The zero-order chi connectivity index (χ0) is 20.2. The lowest BCUT2D eigenvalue weighted by atomic mass is 9.98. The van der Waals surface area contributed by atoms with Gasteiger partial charge in [-0.2, -0.15) is 5.10 Å². The standard InChI is InChI=1S/C23H19BrClN3S/c24-18-12-10-17(11-13-18)21-14-22(19-8-4-5-9-20(19)25)28(27-21)23(29)26-15-16-6-2-1-3-7-16/h1-13,22H,14-15H2,(H,26,29)/t22-/m1/s1. The molecule has 0 saturated heterocycles. The normalized spacial score (nSPS) is 15.9. The molecular formula is C23H19BrClN3S. The van der Waals surface area contributed by atoms with Gasteiger partial charge in [0.1, 0.15) is 0 Å². The molecule has 3 aromatic carbocycles. The van der Waals surface area contributed by atoms with Crippen molar-refractivity contribution in [1.29, 1.82) is 0 Å². The Morgan fingerprint density at radius 1 is 1.03 bits per heavy atom. The van der Waals surface area contributed by atoms with Crippen molar-refractivity contribution in [2.75, 3.05) is 0 Å². The summed E-state index contributed by atoms with van der Waals surface area (Å²) in [5, 5.41) is 11.4.